The number of carboxylic acids is 1. The quantitative estimate of drug-likeness (QED) is 0.935. The topological polar surface area (TPSA) is 85.1 Å². The molecule has 0 saturated carbocycles. The molecule has 2 unspecified atom stereocenters. The number of aliphatic carboxylic acids is 1. The normalized spacial score (nSPS) is 13.9. The lowest BCUT2D eigenvalue weighted by atomic mass is 9.98. The Balaban J connectivity index is 2.65. The molecule has 0 bridgehead atoms. The molecule has 0 aliphatic rings. The van der Waals surface area contributed by atoms with E-state index in [0.717, 1.165) is 5.01 Å². The van der Waals surface area contributed by atoms with Crippen molar-refractivity contribution < 1.29 is 9.90 Å². The number of nitrogens with zero attached hydrogens (tertiary/aromatic N) is 3. The van der Waals surface area contributed by atoms with Crippen LogP contribution in [0.4, 0.5) is 0 Å². The lowest BCUT2D eigenvalue weighted by molar-refractivity contribution is -0.138. The van der Waals surface area contributed by atoms with Gasteiger partial charge in [-0.2, -0.15) is 4.98 Å². The van der Waals surface area contributed by atoms with Gasteiger partial charge in [0.1, 0.15) is 5.01 Å². The molecule has 7 heteroatoms. The van der Waals surface area contributed by atoms with Crippen molar-refractivity contribution in [3.05, 3.63) is 44.0 Å². The number of rotatable bonds is 4. The Kier molecular flexibility index (Phi) is 4.22. The van der Waals surface area contributed by atoms with E-state index in [1.165, 1.54) is 15.9 Å². The Labute approximate surface area is 126 Å². The Morgan fingerprint density at radius 1 is 1.38 bits per heavy atom. The summed E-state index contributed by atoms with van der Waals surface area (Å²) in [5, 5.41) is 11.9. The summed E-state index contributed by atoms with van der Waals surface area (Å²) in [5.41, 5.74) is 1.31. The van der Waals surface area contributed by atoms with Gasteiger partial charge in [0.25, 0.3) is 0 Å². The predicted octanol–water partition coefficient (Wildman–Crippen LogP) is 2.11. The minimum absolute atomic E-state index is 0.273. The zero-order valence-electron chi connectivity index (χ0n) is 12.3. The summed E-state index contributed by atoms with van der Waals surface area (Å²) in [7, 11) is 0. The van der Waals surface area contributed by atoms with Gasteiger partial charge in [0.05, 0.1) is 12.0 Å². The van der Waals surface area contributed by atoms with Crippen LogP contribution in [0.25, 0.3) is 0 Å². The molecule has 2 atom stereocenters. The second-order valence-electron chi connectivity index (χ2n) is 4.96. The maximum atomic E-state index is 12.2. The molecule has 0 spiro atoms. The first-order valence-corrected chi connectivity index (χ1v) is 7.44. The van der Waals surface area contributed by atoms with Crippen LogP contribution in [0.3, 0.4) is 0 Å². The largest absolute Gasteiger partial charge is 0.481 e. The summed E-state index contributed by atoms with van der Waals surface area (Å²) in [6.07, 6.45) is 1.68. The third kappa shape index (κ3) is 2.73. The standard InChI is InChI=1S/C14H17N3O3S/c1-7(13(18)19)11-8(2)16-14(20)17(9(11)3)10(4)12-15-5-6-21-12/h5-7,10H,1-4H3,(H,18,19). The summed E-state index contributed by atoms with van der Waals surface area (Å²) in [5.74, 6) is -1.65. The van der Waals surface area contributed by atoms with Crippen LogP contribution < -0.4 is 5.69 Å². The van der Waals surface area contributed by atoms with Gasteiger partial charge in [0.15, 0.2) is 0 Å². The Bertz CT molecular complexity index is 722. The molecule has 6 nitrogen and oxygen atoms in total. The van der Waals surface area contributed by atoms with Crippen LogP contribution in [0.2, 0.25) is 0 Å². The van der Waals surface area contributed by atoms with Crippen molar-refractivity contribution in [2.45, 2.75) is 39.7 Å². The molecule has 21 heavy (non-hydrogen) atoms. The molecule has 0 radical (unpaired) electrons. The van der Waals surface area contributed by atoms with E-state index in [4.69, 9.17) is 0 Å². The summed E-state index contributed by atoms with van der Waals surface area (Å²) < 4.78 is 1.51. The van der Waals surface area contributed by atoms with Crippen molar-refractivity contribution >= 4 is 17.3 Å². The number of carbonyl (C=O) groups is 1. The van der Waals surface area contributed by atoms with Gasteiger partial charge in [-0.15, -0.1) is 11.3 Å². The second-order valence-corrected chi connectivity index (χ2v) is 5.88. The van der Waals surface area contributed by atoms with Crippen molar-refractivity contribution in [1.82, 2.24) is 14.5 Å². The highest BCUT2D eigenvalue weighted by atomic mass is 32.1. The fourth-order valence-electron chi connectivity index (χ4n) is 2.55. The van der Waals surface area contributed by atoms with Gasteiger partial charge in [0, 0.05) is 28.5 Å². The first kappa shape index (κ1) is 15.4. The fourth-order valence-corrected chi connectivity index (χ4v) is 3.24. The molecular weight excluding hydrogens is 290 g/mol. The Morgan fingerprint density at radius 3 is 2.57 bits per heavy atom. The number of aromatic nitrogens is 3. The van der Waals surface area contributed by atoms with Crippen molar-refractivity contribution in [2.24, 2.45) is 0 Å². The minimum atomic E-state index is -0.935. The molecule has 0 aliphatic carbocycles. The molecule has 0 saturated heterocycles. The van der Waals surface area contributed by atoms with Crippen LogP contribution >= 0.6 is 11.3 Å². The summed E-state index contributed by atoms with van der Waals surface area (Å²) in [4.78, 5) is 31.7. The Hall–Kier alpha value is -2.02. The predicted molar refractivity (Wildman–Crippen MR) is 79.9 cm³/mol. The van der Waals surface area contributed by atoms with Gasteiger partial charge in [-0.1, -0.05) is 0 Å². The number of thiazole rings is 1. The van der Waals surface area contributed by atoms with Crippen LogP contribution in [-0.2, 0) is 4.79 Å². The number of carboxylic acid groups (broad SMARTS) is 1. The lowest BCUT2D eigenvalue weighted by Crippen LogP contribution is -2.31. The summed E-state index contributed by atoms with van der Waals surface area (Å²) >= 11 is 1.45. The van der Waals surface area contributed by atoms with E-state index in [0.29, 0.717) is 17.0 Å². The highest BCUT2D eigenvalue weighted by molar-refractivity contribution is 7.09. The van der Waals surface area contributed by atoms with E-state index in [-0.39, 0.29) is 11.7 Å². The van der Waals surface area contributed by atoms with E-state index in [9.17, 15) is 14.7 Å². The van der Waals surface area contributed by atoms with Crippen molar-refractivity contribution in [3.63, 3.8) is 0 Å². The monoisotopic (exact) mass is 307 g/mol. The molecule has 2 aromatic heterocycles. The minimum Gasteiger partial charge on any atom is -0.481 e. The smallest absolute Gasteiger partial charge is 0.348 e. The van der Waals surface area contributed by atoms with Crippen LogP contribution in [0, 0.1) is 13.8 Å². The second kappa shape index (κ2) is 5.77. The van der Waals surface area contributed by atoms with Crippen molar-refractivity contribution in [3.8, 4) is 0 Å². The number of aryl methyl sites for hydroxylation is 1. The van der Waals surface area contributed by atoms with Gasteiger partial charge in [-0.05, 0) is 27.7 Å². The van der Waals surface area contributed by atoms with Crippen LogP contribution in [0.1, 0.15) is 47.8 Å². The van der Waals surface area contributed by atoms with E-state index >= 15 is 0 Å². The molecule has 2 rings (SSSR count). The van der Waals surface area contributed by atoms with E-state index in [1.54, 1.807) is 27.0 Å². The molecule has 2 aromatic rings. The SMILES string of the molecule is Cc1nc(=O)n(C(C)c2nccs2)c(C)c1C(C)C(=O)O. The first-order valence-electron chi connectivity index (χ1n) is 6.56. The molecule has 0 fully saturated rings. The molecule has 0 aromatic carbocycles. The summed E-state index contributed by atoms with van der Waals surface area (Å²) in [6.45, 7) is 6.89. The Morgan fingerprint density at radius 2 is 2.05 bits per heavy atom. The lowest BCUT2D eigenvalue weighted by Gasteiger charge is -2.21. The van der Waals surface area contributed by atoms with E-state index in [2.05, 4.69) is 9.97 Å². The van der Waals surface area contributed by atoms with Crippen LogP contribution in [0.15, 0.2) is 16.4 Å². The number of hydrogen-bond acceptors (Lipinski definition) is 5. The zero-order chi connectivity index (χ0) is 15.7. The molecule has 112 valence electrons. The van der Waals surface area contributed by atoms with Gasteiger partial charge in [-0.25, -0.2) is 9.78 Å². The van der Waals surface area contributed by atoms with Gasteiger partial charge in [0.2, 0.25) is 0 Å². The van der Waals surface area contributed by atoms with Gasteiger partial charge >= 0.3 is 11.7 Å². The molecule has 0 aliphatic heterocycles. The molecular formula is C14H17N3O3S. The van der Waals surface area contributed by atoms with E-state index in [1.807, 2.05) is 12.3 Å². The third-order valence-electron chi connectivity index (χ3n) is 3.61. The van der Waals surface area contributed by atoms with Crippen molar-refractivity contribution in [1.29, 1.82) is 0 Å². The van der Waals surface area contributed by atoms with Gasteiger partial charge < -0.3 is 5.11 Å². The highest BCUT2D eigenvalue weighted by Gasteiger charge is 2.24. The molecule has 1 N–H and O–H groups in total. The zero-order valence-corrected chi connectivity index (χ0v) is 13.1. The van der Waals surface area contributed by atoms with Crippen molar-refractivity contribution in [2.75, 3.05) is 0 Å². The fraction of sp³-hybridized carbons (Fsp3) is 0.429. The maximum absolute atomic E-state index is 12.2. The maximum Gasteiger partial charge on any atom is 0.348 e. The summed E-state index contributed by atoms with van der Waals surface area (Å²) in [6, 6.07) is -0.273. The third-order valence-corrected chi connectivity index (χ3v) is 4.56. The molecule has 0 amide bonds. The van der Waals surface area contributed by atoms with E-state index < -0.39 is 11.9 Å². The highest BCUT2D eigenvalue weighted by Crippen LogP contribution is 2.26. The number of hydrogen-bond donors (Lipinski definition) is 1. The van der Waals surface area contributed by atoms with Crippen LogP contribution in [-0.4, -0.2) is 25.6 Å². The molecule has 2 heterocycles. The average Bonchev–Trinajstić information content (AvgIpc) is 2.91. The van der Waals surface area contributed by atoms with Gasteiger partial charge in [-0.3, -0.25) is 9.36 Å². The first-order chi connectivity index (χ1) is 9.84. The van der Waals surface area contributed by atoms with Crippen LogP contribution in [0.5, 0.6) is 0 Å². The average molecular weight is 307 g/mol.